The maximum atomic E-state index is 12.2. The molecule has 0 bridgehead atoms. The first-order chi connectivity index (χ1) is 10.7. The zero-order valence-corrected chi connectivity index (χ0v) is 13.6. The van der Waals surface area contributed by atoms with E-state index in [-0.39, 0.29) is 20.8 Å². The van der Waals surface area contributed by atoms with Crippen molar-refractivity contribution in [2.24, 2.45) is 5.16 Å². The van der Waals surface area contributed by atoms with Gasteiger partial charge in [-0.3, -0.25) is 14.1 Å². The lowest BCUT2D eigenvalue weighted by atomic mass is 10.0. The van der Waals surface area contributed by atoms with E-state index in [2.05, 4.69) is 20.3 Å². The summed E-state index contributed by atoms with van der Waals surface area (Å²) in [4.78, 5) is 32.4. The first-order valence-corrected chi connectivity index (χ1v) is 8.38. The molecular weight excluding hydrogens is 350 g/mol. The van der Waals surface area contributed by atoms with E-state index in [0.29, 0.717) is 0 Å². The predicted molar refractivity (Wildman–Crippen MR) is 79.9 cm³/mol. The number of aromatic nitrogens is 1. The number of thiazole rings is 1. The van der Waals surface area contributed by atoms with E-state index in [4.69, 9.17) is 10.3 Å². The third-order valence-electron chi connectivity index (χ3n) is 3.03. The van der Waals surface area contributed by atoms with Gasteiger partial charge in [0.15, 0.2) is 10.8 Å². The molecule has 1 fully saturated rings. The van der Waals surface area contributed by atoms with E-state index >= 15 is 0 Å². The summed E-state index contributed by atoms with van der Waals surface area (Å²) in [6, 6.07) is -2.06. The predicted octanol–water partition coefficient (Wildman–Crippen LogP) is -1.41. The van der Waals surface area contributed by atoms with Gasteiger partial charge in [0.1, 0.15) is 18.8 Å². The van der Waals surface area contributed by atoms with Crippen LogP contribution in [0.2, 0.25) is 0 Å². The van der Waals surface area contributed by atoms with Gasteiger partial charge in [-0.2, -0.15) is 8.42 Å². The molecule has 1 aromatic rings. The molecule has 1 aliphatic heterocycles. The quantitative estimate of drug-likeness (QED) is 0.248. The maximum Gasteiger partial charge on any atom is 0.362 e. The molecule has 1 aliphatic rings. The summed E-state index contributed by atoms with van der Waals surface area (Å²) in [7, 11) is -3.44. The highest BCUT2D eigenvalue weighted by Gasteiger charge is 2.51. The number of hydrogen-bond acceptors (Lipinski definition) is 9. The van der Waals surface area contributed by atoms with Gasteiger partial charge in [0, 0.05) is 5.38 Å². The fourth-order valence-corrected chi connectivity index (χ4v) is 3.44. The molecule has 2 atom stereocenters. The summed E-state index contributed by atoms with van der Waals surface area (Å²) in [6.07, 6.45) is 0. The minimum atomic E-state index is -4.66. The number of hydrogen-bond donors (Lipinski definition) is 3. The van der Waals surface area contributed by atoms with Crippen LogP contribution in [0, 0.1) is 0 Å². The van der Waals surface area contributed by atoms with Gasteiger partial charge in [-0.1, -0.05) is 5.16 Å². The fraction of sp³-hybridized carbons (Fsp3) is 0.400. The number of rotatable bonds is 5. The van der Waals surface area contributed by atoms with Crippen LogP contribution in [0.4, 0.5) is 5.13 Å². The van der Waals surface area contributed by atoms with Crippen LogP contribution < -0.4 is 11.1 Å². The topological polar surface area (TPSA) is 164 Å². The van der Waals surface area contributed by atoms with Crippen LogP contribution in [0.3, 0.4) is 0 Å². The molecule has 1 saturated heterocycles. The Balaban J connectivity index is 2.15. The lowest BCUT2D eigenvalue weighted by Gasteiger charge is -2.42. The Morgan fingerprint density at radius 3 is 2.70 bits per heavy atom. The van der Waals surface area contributed by atoms with Crippen LogP contribution in [0.25, 0.3) is 0 Å². The SMILES string of the molecule is CO/N=C(\C(=O)NC1C(=O)N(S(=O)(=O)O)C1C)c1csc(N)n1. The van der Waals surface area contributed by atoms with Crippen LogP contribution in [0.15, 0.2) is 10.5 Å². The van der Waals surface area contributed by atoms with Crippen molar-refractivity contribution in [1.29, 1.82) is 0 Å². The number of carbonyl (C=O) groups excluding carboxylic acids is 2. The van der Waals surface area contributed by atoms with Crippen LogP contribution in [0.1, 0.15) is 12.6 Å². The van der Waals surface area contributed by atoms with Gasteiger partial charge in [-0.05, 0) is 6.92 Å². The van der Waals surface area contributed by atoms with Gasteiger partial charge in [-0.15, -0.1) is 11.3 Å². The summed E-state index contributed by atoms with van der Waals surface area (Å²) in [5.74, 6) is -1.75. The second-order valence-electron chi connectivity index (χ2n) is 4.50. The van der Waals surface area contributed by atoms with Crippen LogP contribution in [-0.2, 0) is 24.7 Å². The van der Waals surface area contributed by atoms with Crippen molar-refractivity contribution in [3.05, 3.63) is 11.1 Å². The second kappa shape index (κ2) is 6.10. The normalized spacial score (nSPS) is 21.8. The molecule has 2 heterocycles. The molecule has 11 nitrogen and oxygen atoms in total. The van der Waals surface area contributed by atoms with Crippen LogP contribution in [0.5, 0.6) is 0 Å². The smallest absolute Gasteiger partial charge is 0.362 e. The number of nitrogens with two attached hydrogens (primary N) is 1. The number of nitrogen functional groups attached to an aromatic ring is 1. The molecule has 0 spiro atoms. The highest BCUT2D eigenvalue weighted by molar-refractivity contribution is 7.84. The third-order valence-corrected chi connectivity index (χ3v) is 4.72. The Morgan fingerprint density at radius 2 is 2.26 bits per heavy atom. The maximum absolute atomic E-state index is 12.2. The lowest BCUT2D eigenvalue weighted by Crippen LogP contribution is -2.71. The summed E-state index contributed by atoms with van der Waals surface area (Å²) in [5, 5.41) is 7.54. The van der Waals surface area contributed by atoms with Gasteiger partial charge in [0.25, 0.3) is 11.8 Å². The van der Waals surface area contributed by atoms with E-state index in [1.165, 1.54) is 19.4 Å². The molecule has 0 aliphatic carbocycles. The number of amides is 2. The standard InChI is InChI=1S/C10H13N5O6S2/c1-4-6(9(17)15(4)23(18,19)20)13-8(16)7(14-21-2)5-3-22-10(11)12-5/h3-4,6H,1-2H3,(H2,11,12)(H,13,16)(H,18,19,20)/b14-7-. The van der Waals surface area contributed by atoms with Crippen molar-refractivity contribution in [2.75, 3.05) is 12.8 Å². The van der Waals surface area contributed by atoms with Crippen molar-refractivity contribution in [3.63, 3.8) is 0 Å². The summed E-state index contributed by atoms with van der Waals surface area (Å²) in [6.45, 7) is 1.36. The molecule has 23 heavy (non-hydrogen) atoms. The average Bonchev–Trinajstić information content (AvgIpc) is 2.86. The number of nitrogens with zero attached hydrogens (tertiary/aromatic N) is 3. The molecule has 4 N–H and O–H groups in total. The zero-order valence-electron chi connectivity index (χ0n) is 12.0. The summed E-state index contributed by atoms with van der Waals surface area (Å²) in [5.41, 5.74) is 5.42. The Kier molecular flexibility index (Phi) is 4.53. The first-order valence-electron chi connectivity index (χ1n) is 6.11. The molecule has 13 heteroatoms. The first kappa shape index (κ1) is 17.1. The van der Waals surface area contributed by atoms with Gasteiger partial charge < -0.3 is 15.9 Å². The molecule has 2 unspecified atom stereocenters. The third kappa shape index (κ3) is 3.25. The van der Waals surface area contributed by atoms with Crippen LogP contribution >= 0.6 is 11.3 Å². The van der Waals surface area contributed by atoms with Gasteiger partial charge >= 0.3 is 10.3 Å². The van der Waals surface area contributed by atoms with Gasteiger partial charge in [0.05, 0.1) is 6.04 Å². The van der Waals surface area contributed by atoms with Gasteiger partial charge in [-0.25, -0.2) is 9.29 Å². The Morgan fingerprint density at radius 1 is 1.61 bits per heavy atom. The van der Waals surface area contributed by atoms with E-state index in [1.54, 1.807) is 0 Å². The average molecular weight is 363 g/mol. The van der Waals surface area contributed by atoms with E-state index < -0.39 is 34.2 Å². The van der Waals surface area contributed by atoms with Gasteiger partial charge in [0.2, 0.25) is 0 Å². The number of β-lactam (4-membered cyclic amide) rings is 1. The minimum absolute atomic E-state index is 0.151. The number of carbonyl (C=O) groups is 2. The van der Waals surface area contributed by atoms with Crippen molar-refractivity contribution in [3.8, 4) is 0 Å². The molecule has 0 saturated carbocycles. The second-order valence-corrected chi connectivity index (χ2v) is 6.68. The van der Waals surface area contributed by atoms with Crippen molar-refractivity contribution in [1.82, 2.24) is 14.6 Å². The van der Waals surface area contributed by atoms with E-state index in [1.807, 2.05) is 0 Å². The molecule has 126 valence electrons. The summed E-state index contributed by atoms with van der Waals surface area (Å²) < 4.78 is 31.2. The Hall–Kier alpha value is -2.25. The lowest BCUT2D eigenvalue weighted by molar-refractivity contribution is -0.143. The van der Waals surface area contributed by atoms with E-state index in [0.717, 1.165) is 11.3 Å². The van der Waals surface area contributed by atoms with E-state index in [9.17, 15) is 18.0 Å². The molecule has 2 rings (SSSR count). The summed E-state index contributed by atoms with van der Waals surface area (Å²) >= 11 is 1.08. The molecule has 2 amide bonds. The highest BCUT2D eigenvalue weighted by atomic mass is 32.2. The molecule has 0 radical (unpaired) electrons. The van der Waals surface area contributed by atoms with Crippen molar-refractivity contribution >= 4 is 44.3 Å². The molecule has 0 aromatic carbocycles. The fourth-order valence-electron chi connectivity index (χ4n) is 2.01. The number of nitrogens with one attached hydrogen (secondary N) is 1. The number of oxime groups is 1. The Bertz CT molecular complexity index is 772. The van der Waals surface area contributed by atoms with Crippen LogP contribution in [-0.4, -0.2) is 59.0 Å². The number of anilines is 1. The Labute approximate surface area is 135 Å². The largest absolute Gasteiger partial charge is 0.398 e. The van der Waals surface area contributed by atoms with Crippen molar-refractivity contribution < 1.29 is 27.4 Å². The minimum Gasteiger partial charge on any atom is -0.398 e. The molecular formula is C10H13N5O6S2. The molecule has 1 aromatic heterocycles. The zero-order chi connectivity index (χ0) is 17.4. The highest BCUT2D eigenvalue weighted by Crippen LogP contribution is 2.23. The monoisotopic (exact) mass is 363 g/mol. The van der Waals surface area contributed by atoms with Crippen molar-refractivity contribution in [2.45, 2.75) is 19.0 Å².